The van der Waals surface area contributed by atoms with Crippen molar-refractivity contribution in [1.82, 2.24) is 0 Å². The predicted molar refractivity (Wildman–Crippen MR) is 48.1 cm³/mol. The van der Waals surface area contributed by atoms with Crippen LogP contribution in [0.5, 0.6) is 5.75 Å². The highest BCUT2D eigenvalue weighted by atomic mass is 19.1. The molecule has 0 saturated heterocycles. The number of methoxy groups -OCH3 is 1. The van der Waals surface area contributed by atoms with Crippen LogP contribution in [0.25, 0.3) is 0 Å². The van der Waals surface area contributed by atoms with Crippen molar-refractivity contribution < 1.29 is 18.6 Å². The van der Waals surface area contributed by atoms with Gasteiger partial charge in [-0.1, -0.05) is 0 Å². The van der Waals surface area contributed by atoms with Gasteiger partial charge < -0.3 is 9.84 Å². The highest BCUT2D eigenvalue weighted by molar-refractivity contribution is 5.37. The third-order valence-corrected chi connectivity index (χ3v) is 1.88. The van der Waals surface area contributed by atoms with Crippen molar-refractivity contribution in [1.29, 1.82) is 5.26 Å². The molecule has 5 heteroatoms. The number of benzene rings is 1. The van der Waals surface area contributed by atoms with Gasteiger partial charge in [0.05, 0.1) is 25.7 Å². The molecule has 1 atom stereocenters. The molecule has 1 rings (SSSR count). The average Bonchev–Trinajstić information content (AvgIpc) is 2.17. The van der Waals surface area contributed by atoms with Gasteiger partial charge in [0.2, 0.25) is 0 Å². The molecule has 0 spiro atoms. The monoisotopic (exact) mass is 213 g/mol. The minimum absolute atomic E-state index is 0.0587. The molecule has 1 aromatic carbocycles. The van der Waals surface area contributed by atoms with Crippen LogP contribution in [-0.4, -0.2) is 12.2 Å². The minimum Gasteiger partial charge on any atom is -0.493 e. The lowest BCUT2D eigenvalue weighted by Gasteiger charge is -2.12. The molecule has 1 N–H and O–H groups in total. The molecule has 0 fully saturated rings. The summed E-state index contributed by atoms with van der Waals surface area (Å²) in [6.07, 6.45) is -1.51. The molecule has 0 aliphatic rings. The summed E-state index contributed by atoms with van der Waals surface area (Å²) in [4.78, 5) is 0. The van der Waals surface area contributed by atoms with Crippen LogP contribution >= 0.6 is 0 Å². The Morgan fingerprint density at radius 3 is 2.73 bits per heavy atom. The van der Waals surface area contributed by atoms with Crippen molar-refractivity contribution in [3.8, 4) is 11.8 Å². The molecule has 0 radical (unpaired) electrons. The fourth-order valence-electron chi connectivity index (χ4n) is 1.24. The number of aliphatic hydroxyl groups is 1. The summed E-state index contributed by atoms with van der Waals surface area (Å²) < 4.78 is 30.7. The Morgan fingerprint density at radius 2 is 2.20 bits per heavy atom. The molecule has 0 aromatic heterocycles. The Labute approximate surface area is 85.5 Å². The van der Waals surface area contributed by atoms with Crippen molar-refractivity contribution in [2.45, 2.75) is 12.5 Å². The zero-order valence-corrected chi connectivity index (χ0v) is 8.00. The minimum atomic E-state index is -1.25. The summed E-state index contributed by atoms with van der Waals surface area (Å²) in [5.41, 5.74) is -0.0587. The first-order chi connectivity index (χ1) is 7.10. The lowest BCUT2D eigenvalue weighted by molar-refractivity contribution is 0.177. The molecule has 1 unspecified atom stereocenters. The molecule has 80 valence electrons. The van der Waals surface area contributed by atoms with Crippen LogP contribution in [0.1, 0.15) is 18.1 Å². The van der Waals surface area contributed by atoms with Gasteiger partial charge in [0.15, 0.2) is 11.6 Å². The molecule has 0 amide bonds. The van der Waals surface area contributed by atoms with E-state index in [0.717, 1.165) is 6.07 Å². The Morgan fingerprint density at radius 1 is 1.53 bits per heavy atom. The fraction of sp³-hybridized carbons (Fsp3) is 0.300. The van der Waals surface area contributed by atoms with Gasteiger partial charge in [0.25, 0.3) is 0 Å². The SMILES string of the molecule is COc1c(F)cc(F)cc1C(O)CC#N. The molecule has 1 aromatic rings. The van der Waals surface area contributed by atoms with Crippen molar-refractivity contribution in [3.05, 3.63) is 29.3 Å². The Hall–Kier alpha value is -1.67. The number of aliphatic hydroxyl groups excluding tert-OH is 1. The van der Waals surface area contributed by atoms with Gasteiger partial charge in [0.1, 0.15) is 5.82 Å². The number of hydrogen-bond acceptors (Lipinski definition) is 3. The summed E-state index contributed by atoms with van der Waals surface area (Å²) in [5, 5.41) is 17.8. The van der Waals surface area contributed by atoms with Gasteiger partial charge in [0, 0.05) is 11.6 Å². The third-order valence-electron chi connectivity index (χ3n) is 1.88. The highest BCUT2D eigenvalue weighted by Gasteiger charge is 2.18. The van der Waals surface area contributed by atoms with E-state index >= 15 is 0 Å². The van der Waals surface area contributed by atoms with E-state index in [0.29, 0.717) is 6.07 Å². The maximum atomic E-state index is 13.2. The Bertz CT molecular complexity index is 401. The fourth-order valence-corrected chi connectivity index (χ4v) is 1.24. The van der Waals surface area contributed by atoms with Gasteiger partial charge in [-0.3, -0.25) is 0 Å². The van der Waals surface area contributed by atoms with E-state index in [1.54, 1.807) is 6.07 Å². The van der Waals surface area contributed by atoms with E-state index in [1.165, 1.54) is 7.11 Å². The van der Waals surface area contributed by atoms with Gasteiger partial charge >= 0.3 is 0 Å². The third kappa shape index (κ3) is 2.42. The Balaban J connectivity index is 3.20. The van der Waals surface area contributed by atoms with E-state index in [-0.39, 0.29) is 17.7 Å². The van der Waals surface area contributed by atoms with Gasteiger partial charge in [-0.25, -0.2) is 8.78 Å². The maximum absolute atomic E-state index is 13.2. The topological polar surface area (TPSA) is 53.2 Å². The largest absolute Gasteiger partial charge is 0.493 e. The van der Waals surface area contributed by atoms with E-state index in [2.05, 4.69) is 4.74 Å². The van der Waals surface area contributed by atoms with Crippen LogP contribution in [0.4, 0.5) is 8.78 Å². The standard InChI is InChI=1S/C10H9F2NO2/c1-15-10-7(9(14)2-3-13)4-6(11)5-8(10)12/h4-5,9,14H,2H2,1H3. The van der Waals surface area contributed by atoms with Gasteiger partial charge in [-0.15, -0.1) is 0 Å². The molecule has 0 aliphatic heterocycles. The van der Waals surface area contributed by atoms with E-state index in [1.807, 2.05) is 0 Å². The average molecular weight is 213 g/mol. The number of ether oxygens (including phenoxy) is 1. The quantitative estimate of drug-likeness (QED) is 0.834. The van der Waals surface area contributed by atoms with E-state index < -0.39 is 17.7 Å². The summed E-state index contributed by atoms with van der Waals surface area (Å²) in [7, 11) is 1.21. The van der Waals surface area contributed by atoms with E-state index in [9.17, 15) is 13.9 Å². The van der Waals surface area contributed by atoms with Crippen LogP contribution in [0.2, 0.25) is 0 Å². The lowest BCUT2D eigenvalue weighted by atomic mass is 10.1. The molecule has 0 saturated carbocycles. The molecule has 15 heavy (non-hydrogen) atoms. The van der Waals surface area contributed by atoms with Crippen LogP contribution in [0, 0.1) is 23.0 Å². The van der Waals surface area contributed by atoms with Crippen LogP contribution in [0.15, 0.2) is 12.1 Å². The number of nitrogens with zero attached hydrogens (tertiary/aromatic N) is 1. The first kappa shape index (κ1) is 11.4. The molecule has 0 aliphatic carbocycles. The highest BCUT2D eigenvalue weighted by Crippen LogP contribution is 2.30. The smallest absolute Gasteiger partial charge is 0.168 e. The molecule has 0 heterocycles. The van der Waals surface area contributed by atoms with E-state index in [4.69, 9.17) is 5.26 Å². The molecular formula is C10H9F2NO2. The lowest BCUT2D eigenvalue weighted by Crippen LogP contribution is -2.03. The maximum Gasteiger partial charge on any atom is 0.168 e. The van der Waals surface area contributed by atoms with Crippen LogP contribution in [0.3, 0.4) is 0 Å². The second kappa shape index (κ2) is 4.71. The predicted octanol–water partition coefficient (Wildman–Crippen LogP) is 1.92. The normalized spacial score (nSPS) is 11.9. The summed E-state index contributed by atoms with van der Waals surface area (Å²) >= 11 is 0. The van der Waals surface area contributed by atoms with Crippen LogP contribution < -0.4 is 4.74 Å². The van der Waals surface area contributed by atoms with Gasteiger partial charge in [-0.05, 0) is 6.07 Å². The van der Waals surface area contributed by atoms with Crippen LogP contribution in [-0.2, 0) is 0 Å². The number of nitriles is 1. The Kier molecular flexibility index (Phi) is 3.58. The van der Waals surface area contributed by atoms with Crippen molar-refractivity contribution >= 4 is 0 Å². The zero-order valence-electron chi connectivity index (χ0n) is 8.00. The van der Waals surface area contributed by atoms with Gasteiger partial charge in [-0.2, -0.15) is 5.26 Å². The number of halogens is 2. The van der Waals surface area contributed by atoms with Crippen molar-refractivity contribution in [2.75, 3.05) is 7.11 Å². The second-order valence-electron chi connectivity index (χ2n) is 2.89. The zero-order chi connectivity index (χ0) is 11.4. The second-order valence-corrected chi connectivity index (χ2v) is 2.89. The number of rotatable bonds is 3. The summed E-state index contributed by atoms with van der Waals surface area (Å²) in [6.45, 7) is 0. The first-order valence-corrected chi connectivity index (χ1v) is 4.18. The number of hydrogen-bond donors (Lipinski definition) is 1. The first-order valence-electron chi connectivity index (χ1n) is 4.18. The molecule has 3 nitrogen and oxygen atoms in total. The van der Waals surface area contributed by atoms with Crippen molar-refractivity contribution in [2.24, 2.45) is 0 Å². The molecular weight excluding hydrogens is 204 g/mol. The van der Waals surface area contributed by atoms with Crippen molar-refractivity contribution in [3.63, 3.8) is 0 Å². The summed E-state index contributed by atoms with van der Waals surface area (Å²) in [5.74, 6) is -1.95. The summed E-state index contributed by atoms with van der Waals surface area (Å²) in [6, 6.07) is 3.31. The molecule has 0 bridgehead atoms.